The number of pyridine rings is 2. The summed E-state index contributed by atoms with van der Waals surface area (Å²) >= 11 is 0. The molecule has 1 amide bonds. The number of hydrogen-bond donors (Lipinski definition) is 3. The van der Waals surface area contributed by atoms with Crippen LogP contribution in [0.4, 0.5) is 17.3 Å². The Morgan fingerprint density at radius 2 is 2.00 bits per heavy atom. The molecule has 3 aromatic heterocycles. The number of amides is 1. The number of nitrogens with zero attached hydrogens (tertiary/aromatic N) is 4. The van der Waals surface area contributed by atoms with Crippen LogP contribution in [0.1, 0.15) is 26.7 Å². The lowest BCUT2D eigenvalue weighted by Crippen LogP contribution is -2.52. The number of fused-ring (bicyclic) bond motifs is 2. The van der Waals surface area contributed by atoms with Crippen molar-refractivity contribution in [2.24, 2.45) is 5.92 Å². The molecular formula is C27H30N6O4. The molecule has 6 rings (SSSR count). The number of carbonyl (C=O) groups is 1. The molecule has 0 radical (unpaired) electrons. The van der Waals surface area contributed by atoms with E-state index in [4.69, 9.17) is 14.1 Å². The third-order valence-electron chi connectivity index (χ3n) is 7.03. The first kappa shape index (κ1) is 23.6. The van der Waals surface area contributed by atoms with E-state index in [0.29, 0.717) is 41.8 Å². The lowest BCUT2D eigenvalue weighted by Gasteiger charge is -2.39. The van der Waals surface area contributed by atoms with Gasteiger partial charge in [-0.25, -0.2) is 15.0 Å². The first-order valence-corrected chi connectivity index (χ1v) is 12.6. The van der Waals surface area contributed by atoms with Gasteiger partial charge in [-0.05, 0) is 51.0 Å². The maximum Gasteiger partial charge on any atom is 0.229 e. The summed E-state index contributed by atoms with van der Waals surface area (Å²) in [7, 11) is 1.80. The quantitative estimate of drug-likeness (QED) is 0.361. The molecule has 3 N–H and O–H groups in total. The molecule has 1 atom stereocenters. The summed E-state index contributed by atoms with van der Waals surface area (Å²) in [5.41, 5.74) is 2.16. The van der Waals surface area contributed by atoms with Gasteiger partial charge in [0, 0.05) is 54.9 Å². The zero-order chi connectivity index (χ0) is 25.7. The van der Waals surface area contributed by atoms with Crippen molar-refractivity contribution < 1.29 is 19.1 Å². The molecule has 2 fully saturated rings. The van der Waals surface area contributed by atoms with E-state index in [-0.39, 0.29) is 17.9 Å². The van der Waals surface area contributed by atoms with E-state index in [1.807, 2.05) is 24.3 Å². The number of aliphatic hydroxyl groups is 1. The first-order chi connectivity index (χ1) is 17.8. The zero-order valence-corrected chi connectivity index (χ0v) is 21.1. The molecular weight excluding hydrogens is 472 g/mol. The summed E-state index contributed by atoms with van der Waals surface area (Å²) in [6.07, 6.45) is 5.00. The third kappa shape index (κ3) is 4.58. The SMILES string of the molecule is CNc1ncc(-c2nc3cc(N4CCOC(C(C)(C)O)C4)ccc3o2)c2cc(NC(=O)C3CC3)ncc12. The minimum Gasteiger partial charge on any atom is -0.436 e. The Balaban J connectivity index is 1.36. The van der Waals surface area contributed by atoms with Crippen LogP contribution in [-0.4, -0.2) is 64.4 Å². The highest BCUT2D eigenvalue weighted by atomic mass is 16.5. The number of rotatable bonds is 6. The highest BCUT2D eigenvalue weighted by Gasteiger charge is 2.33. The molecule has 1 aliphatic carbocycles. The summed E-state index contributed by atoms with van der Waals surface area (Å²) in [5.74, 6) is 1.69. The Bertz CT molecular complexity index is 1490. The van der Waals surface area contributed by atoms with Crippen LogP contribution in [-0.2, 0) is 9.53 Å². The second kappa shape index (κ2) is 8.97. The molecule has 1 unspecified atom stereocenters. The molecule has 0 spiro atoms. The van der Waals surface area contributed by atoms with Gasteiger partial charge in [0.2, 0.25) is 11.8 Å². The van der Waals surface area contributed by atoms with Crippen molar-refractivity contribution in [2.75, 3.05) is 42.3 Å². The van der Waals surface area contributed by atoms with Crippen molar-refractivity contribution in [1.29, 1.82) is 0 Å². The van der Waals surface area contributed by atoms with Crippen LogP contribution in [0.2, 0.25) is 0 Å². The Labute approximate surface area is 214 Å². The fourth-order valence-electron chi connectivity index (χ4n) is 4.69. The van der Waals surface area contributed by atoms with Crippen LogP contribution in [0.15, 0.2) is 41.1 Å². The predicted molar refractivity (Wildman–Crippen MR) is 142 cm³/mol. The van der Waals surface area contributed by atoms with Crippen LogP contribution in [0.25, 0.3) is 33.3 Å². The number of hydrogen-bond acceptors (Lipinski definition) is 9. The lowest BCUT2D eigenvalue weighted by atomic mass is 10.00. The minimum atomic E-state index is -0.927. The van der Waals surface area contributed by atoms with Crippen LogP contribution < -0.4 is 15.5 Å². The topological polar surface area (TPSA) is 126 Å². The maximum atomic E-state index is 12.3. The number of anilines is 3. The summed E-state index contributed by atoms with van der Waals surface area (Å²) < 4.78 is 11.9. The fourth-order valence-corrected chi connectivity index (χ4v) is 4.69. The number of nitrogens with one attached hydrogen (secondary N) is 2. The standard InChI is InChI=1S/C27H30N6O4/c1-27(2,35)22-14-33(8-9-36-22)16-6-7-21-20(10-16)31-26(37-21)19-13-30-24(28-3)18-12-29-23(11-17(18)19)32-25(34)15-4-5-15/h6-7,10-13,15,22,35H,4-5,8-9,14H2,1-3H3,(H,28,30)(H,29,32,34). The molecule has 2 aliphatic rings. The summed E-state index contributed by atoms with van der Waals surface area (Å²) in [6, 6.07) is 7.75. The van der Waals surface area contributed by atoms with Crippen molar-refractivity contribution >= 4 is 45.1 Å². The van der Waals surface area contributed by atoms with Gasteiger partial charge in [0.05, 0.1) is 17.8 Å². The highest BCUT2D eigenvalue weighted by Crippen LogP contribution is 2.36. The van der Waals surface area contributed by atoms with Crippen LogP contribution in [0.5, 0.6) is 0 Å². The monoisotopic (exact) mass is 502 g/mol. The first-order valence-electron chi connectivity index (χ1n) is 12.6. The third-order valence-corrected chi connectivity index (χ3v) is 7.03. The Kier molecular flexibility index (Phi) is 5.73. The largest absolute Gasteiger partial charge is 0.436 e. The molecule has 1 saturated carbocycles. The molecule has 192 valence electrons. The van der Waals surface area contributed by atoms with Gasteiger partial charge in [-0.2, -0.15) is 0 Å². The smallest absolute Gasteiger partial charge is 0.229 e. The van der Waals surface area contributed by atoms with Gasteiger partial charge in [-0.3, -0.25) is 4.79 Å². The van der Waals surface area contributed by atoms with E-state index in [2.05, 4.69) is 25.5 Å². The van der Waals surface area contributed by atoms with Crippen molar-refractivity contribution in [3.63, 3.8) is 0 Å². The molecule has 0 bridgehead atoms. The Morgan fingerprint density at radius 1 is 1.16 bits per heavy atom. The number of morpholine rings is 1. The number of carbonyl (C=O) groups excluding carboxylic acids is 1. The highest BCUT2D eigenvalue weighted by molar-refractivity contribution is 6.03. The van der Waals surface area contributed by atoms with Crippen molar-refractivity contribution in [2.45, 2.75) is 38.4 Å². The summed E-state index contributed by atoms with van der Waals surface area (Å²) in [6.45, 7) is 5.39. The predicted octanol–water partition coefficient (Wildman–Crippen LogP) is 3.80. The van der Waals surface area contributed by atoms with Gasteiger partial charge in [0.25, 0.3) is 0 Å². The average molecular weight is 503 g/mol. The van der Waals surface area contributed by atoms with Crippen molar-refractivity contribution in [3.05, 3.63) is 36.7 Å². The number of ether oxygens (including phenoxy) is 1. The van der Waals surface area contributed by atoms with Gasteiger partial charge in [0.1, 0.15) is 23.3 Å². The lowest BCUT2D eigenvalue weighted by molar-refractivity contribution is -0.117. The number of oxazole rings is 1. The second-order valence-electron chi connectivity index (χ2n) is 10.3. The Hall–Kier alpha value is -3.76. The van der Waals surface area contributed by atoms with Gasteiger partial charge in [0.15, 0.2) is 5.58 Å². The summed E-state index contributed by atoms with van der Waals surface area (Å²) in [5, 5.41) is 18.1. The van der Waals surface area contributed by atoms with E-state index < -0.39 is 5.60 Å². The molecule has 4 heterocycles. The zero-order valence-electron chi connectivity index (χ0n) is 21.1. The van der Waals surface area contributed by atoms with E-state index in [9.17, 15) is 9.90 Å². The molecule has 1 aliphatic heterocycles. The molecule has 37 heavy (non-hydrogen) atoms. The van der Waals surface area contributed by atoms with Gasteiger partial charge in [-0.15, -0.1) is 0 Å². The molecule has 4 aromatic rings. The molecule has 1 saturated heterocycles. The van der Waals surface area contributed by atoms with Gasteiger partial charge in [-0.1, -0.05) is 0 Å². The van der Waals surface area contributed by atoms with E-state index >= 15 is 0 Å². The maximum absolute atomic E-state index is 12.3. The van der Waals surface area contributed by atoms with Crippen LogP contribution in [0.3, 0.4) is 0 Å². The average Bonchev–Trinajstić information content (AvgIpc) is 3.66. The molecule has 10 heteroatoms. The fraction of sp³-hybridized carbons (Fsp3) is 0.407. The Morgan fingerprint density at radius 3 is 2.76 bits per heavy atom. The van der Waals surface area contributed by atoms with Crippen molar-refractivity contribution in [1.82, 2.24) is 15.0 Å². The van der Waals surface area contributed by atoms with Crippen LogP contribution >= 0.6 is 0 Å². The normalized spacial score (nSPS) is 18.4. The number of aromatic nitrogens is 3. The van der Waals surface area contributed by atoms with Gasteiger partial charge < -0.3 is 29.8 Å². The van der Waals surface area contributed by atoms with E-state index in [1.165, 1.54) is 0 Å². The molecule has 10 nitrogen and oxygen atoms in total. The minimum absolute atomic E-state index is 0.000579. The number of benzene rings is 1. The van der Waals surface area contributed by atoms with E-state index in [0.717, 1.165) is 41.4 Å². The molecule has 1 aromatic carbocycles. The second-order valence-corrected chi connectivity index (χ2v) is 10.3. The van der Waals surface area contributed by atoms with Crippen LogP contribution in [0, 0.1) is 5.92 Å². The van der Waals surface area contributed by atoms with E-state index in [1.54, 1.807) is 33.3 Å². The van der Waals surface area contributed by atoms with Crippen molar-refractivity contribution in [3.8, 4) is 11.5 Å². The summed E-state index contributed by atoms with van der Waals surface area (Å²) in [4.78, 5) is 28.3. The van der Waals surface area contributed by atoms with Gasteiger partial charge >= 0.3 is 0 Å².